The quantitative estimate of drug-likeness (QED) is 0.737. The Kier molecular flexibility index (Phi) is 3.43. The van der Waals surface area contributed by atoms with E-state index in [0.717, 1.165) is 5.01 Å². The SMILES string of the molecule is O=C1N(c2ccc(Cl)cc2)NC(c2ccccc2)C1(O)O. The van der Waals surface area contributed by atoms with E-state index in [4.69, 9.17) is 11.6 Å². The summed E-state index contributed by atoms with van der Waals surface area (Å²) in [5.41, 5.74) is 3.91. The van der Waals surface area contributed by atoms with Crippen LogP contribution in [0.5, 0.6) is 0 Å². The number of hydrazine groups is 1. The Morgan fingerprint density at radius 3 is 2.29 bits per heavy atom. The minimum Gasteiger partial charge on any atom is -0.357 e. The highest BCUT2D eigenvalue weighted by molar-refractivity contribution is 6.30. The van der Waals surface area contributed by atoms with Crippen LogP contribution in [0.25, 0.3) is 0 Å². The zero-order valence-electron chi connectivity index (χ0n) is 10.9. The van der Waals surface area contributed by atoms with Gasteiger partial charge in [-0.3, -0.25) is 4.79 Å². The Morgan fingerprint density at radius 2 is 1.67 bits per heavy atom. The van der Waals surface area contributed by atoms with Crippen molar-refractivity contribution in [1.82, 2.24) is 5.43 Å². The molecule has 0 saturated carbocycles. The largest absolute Gasteiger partial charge is 0.357 e. The van der Waals surface area contributed by atoms with Crippen molar-refractivity contribution in [2.45, 2.75) is 11.8 Å². The third-order valence-corrected chi connectivity index (χ3v) is 3.65. The number of nitrogens with zero attached hydrogens (tertiary/aromatic N) is 1. The van der Waals surface area contributed by atoms with Crippen molar-refractivity contribution in [3.8, 4) is 0 Å². The molecule has 0 aromatic heterocycles. The predicted octanol–water partition coefficient (Wildman–Crippen LogP) is 1.61. The first-order valence-electron chi connectivity index (χ1n) is 6.36. The zero-order valence-corrected chi connectivity index (χ0v) is 11.7. The van der Waals surface area contributed by atoms with E-state index in [1.807, 2.05) is 6.07 Å². The van der Waals surface area contributed by atoms with E-state index >= 15 is 0 Å². The van der Waals surface area contributed by atoms with Gasteiger partial charge in [-0.15, -0.1) is 0 Å². The van der Waals surface area contributed by atoms with Crippen molar-refractivity contribution < 1.29 is 15.0 Å². The molecule has 6 heteroatoms. The Hall–Kier alpha value is -1.92. The number of nitrogens with one attached hydrogen (secondary N) is 1. The number of carbonyl (C=O) groups is 1. The predicted molar refractivity (Wildman–Crippen MR) is 78.4 cm³/mol. The number of halogens is 1. The highest BCUT2D eigenvalue weighted by Crippen LogP contribution is 2.34. The molecular weight excluding hydrogens is 292 g/mol. The number of aliphatic hydroxyl groups is 2. The summed E-state index contributed by atoms with van der Waals surface area (Å²) >= 11 is 5.81. The zero-order chi connectivity index (χ0) is 15.0. The van der Waals surface area contributed by atoms with Crippen LogP contribution in [0.4, 0.5) is 5.69 Å². The van der Waals surface area contributed by atoms with Gasteiger partial charge in [-0.05, 0) is 29.8 Å². The molecule has 1 aliphatic heterocycles. The number of benzene rings is 2. The minimum atomic E-state index is -2.51. The average Bonchev–Trinajstić information content (AvgIpc) is 2.72. The summed E-state index contributed by atoms with van der Waals surface area (Å²) < 4.78 is 0. The summed E-state index contributed by atoms with van der Waals surface area (Å²) in [5, 5.41) is 21.9. The van der Waals surface area contributed by atoms with Crippen LogP contribution in [-0.4, -0.2) is 21.9 Å². The van der Waals surface area contributed by atoms with E-state index < -0.39 is 17.7 Å². The molecule has 3 N–H and O–H groups in total. The van der Waals surface area contributed by atoms with Crippen LogP contribution in [0.15, 0.2) is 54.6 Å². The Labute approximate surface area is 126 Å². The van der Waals surface area contributed by atoms with Crippen molar-refractivity contribution in [3.05, 3.63) is 65.2 Å². The fourth-order valence-electron chi connectivity index (χ4n) is 2.30. The molecule has 0 aliphatic carbocycles. The summed E-state index contributed by atoms with van der Waals surface area (Å²) in [4.78, 5) is 12.2. The van der Waals surface area contributed by atoms with Gasteiger partial charge in [0.05, 0.1) is 5.69 Å². The lowest BCUT2D eigenvalue weighted by Gasteiger charge is -2.19. The molecule has 1 amide bonds. The second kappa shape index (κ2) is 5.13. The molecule has 1 aliphatic rings. The minimum absolute atomic E-state index is 0.482. The van der Waals surface area contributed by atoms with Gasteiger partial charge in [0.2, 0.25) is 0 Å². The van der Waals surface area contributed by atoms with Crippen LogP contribution in [0.3, 0.4) is 0 Å². The summed E-state index contributed by atoms with van der Waals surface area (Å²) in [6.45, 7) is 0. The highest BCUT2D eigenvalue weighted by atomic mass is 35.5. The van der Waals surface area contributed by atoms with E-state index in [1.165, 1.54) is 0 Å². The van der Waals surface area contributed by atoms with Crippen molar-refractivity contribution in [2.24, 2.45) is 0 Å². The third-order valence-electron chi connectivity index (χ3n) is 3.40. The Bertz CT molecular complexity index is 658. The molecule has 0 radical (unpaired) electrons. The maximum absolute atomic E-state index is 12.2. The number of anilines is 1. The van der Waals surface area contributed by atoms with Crippen LogP contribution in [-0.2, 0) is 4.79 Å². The van der Waals surface area contributed by atoms with Gasteiger partial charge in [0, 0.05) is 5.02 Å². The first-order valence-corrected chi connectivity index (χ1v) is 6.74. The molecule has 3 rings (SSSR count). The second-order valence-electron chi connectivity index (χ2n) is 4.82. The number of carbonyl (C=O) groups excluding carboxylic acids is 1. The van der Waals surface area contributed by atoms with E-state index in [-0.39, 0.29) is 0 Å². The van der Waals surface area contributed by atoms with Crippen molar-refractivity contribution in [3.63, 3.8) is 0 Å². The third kappa shape index (κ3) is 2.41. The molecule has 1 atom stereocenters. The average molecular weight is 305 g/mol. The van der Waals surface area contributed by atoms with E-state index in [0.29, 0.717) is 16.3 Å². The van der Waals surface area contributed by atoms with Crippen LogP contribution < -0.4 is 10.4 Å². The summed E-state index contributed by atoms with van der Waals surface area (Å²) in [7, 11) is 0. The van der Waals surface area contributed by atoms with Gasteiger partial charge in [-0.1, -0.05) is 41.9 Å². The maximum atomic E-state index is 12.2. The smallest absolute Gasteiger partial charge is 0.303 e. The van der Waals surface area contributed by atoms with Gasteiger partial charge >= 0.3 is 5.91 Å². The monoisotopic (exact) mass is 304 g/mol. The molecule has 1 heterocycles. The second-order valence-corrected chi connectivity index (χ2v) is 5.25. The van der Waals surface area contributed by atoms with Crippen LogP contribution in [0.1, 0.15) is 11.6 Å². The number of rotatable bonds is 2. The normalized spacial score (nSPS) is 20.8. The van der Waals surface area contributed by atoms with Crippen molar-refractivity contribution in [1.29, 1.82) is 0 Å². The molecule has 1 fully saturated rings. The number of hydrogen-bond donors (Lipinski definition) is 3. The lowest BCUT2D eigenvalue weighted by atomic mass is 10.0. The maximum Gasteiger partial charge on any atom is 0.303 e. The molecule has 2 aromatic rings. The lowest BCUT2D eigenvalue weighted by Crippen LogP contribution is -2.42. The summed E-state index contributed by atoms with van der Waals surface area (Å²) in [6, 6.07) is 14.3. The van der Waals surface area contributed by atoms with E-state index in [9.17, 15) is 15.0 Å². The van der Waals surface area contributed by atoms with Crippen LogP contribution in [0.2, 0.25) is 5.02 Å². The molecule has 1 unspecified atom stereocenters. The Balaban J connectivity index is 1.96. The molecule has 0 bridgehead atoms. The lowest BCUT2D eigenvalue weighted by molar-refractivity contribution is -0.182. The highest BCUT2D eigenvalue weighted by Gasteiger charge is 2.53. The van der Waals surface area contributed by atoms with Crippen LogP contribution in [0, 0.1) is 0 Å². The molecule has 108 valence electrons. The van der Waals surface area contributed by atoms with E-state index in [2.05, 4.69) is 5.43 Å². The molecule has 1 saturated heterocycles. The molecule has 0 spiro atoms. The molecular formula is C15H13ClN2O3. The van der Waals surface area contributed by atoms with Crippen molar-refractivity contribution >= 4 is 23.2 Å². The van der Waals surface area contributed by atoms with E-state index in [1.54, 1.807) is 48.5 Å². The molecule has 2 aromatic carbocycles. The number of hydrogen-bond acceptors (Lipinski definition) is 4. The van der Waals surface area contributed by atoms with Crippen molar-refractivity contribution in [2.75, 3.05) is 5.01 Å². The number of amides is 1. The van der Waals surface area contributed by atoms with Gasteiger partial charge < -0.3 is 10.2 Å². The van der Waals surface area contributed by atoms with Gasteiger partial charge in [0.1, 0.15) is 6.04 Å². The first-order chi connectivity index (χ1) is 10.00. The summed E-state index contributed by atoms with van der Waals surface area (Å²) in [5.74, 6) is -3.35. The Morgan fingerprint density at radius 1 is 1.05 bits per heavy atom. The topological polar surface area (TPSA) is 72.8 Å². The van der Waals surface area contributed by atoms with Gasteiger partial charge in [0.25, 0.3) is 5.79 Å². The fraction of sp³-hybridized carbons (Fsp3) is 0.133. The van der Waals surface area contributed by atoms with Gasteiger partial charge in [0.15, 0.2) is 0 Å². The first kappa shape index (κ1) is 14.0. The van der Waals surface area contributed by atoms with Gasteiger partial charge in [-0.25, -0.2) is 10.4 Å². The van der Waals surface area contributed by atoms with Crippen LogP contribution >= 0.6 is 11.6 Å². The molecule has 5 nitrogen and oxygen atoms in total. The standard InChI is InChI=1S/C15H13ClN2O3/c16-11-6-8-12(9-7-11)18-14(19)15(20,21)13(17-18)10-4-2-1-3-5-10/h1-9,13,17,20-21H. The fourth-order valence-corrected chi connectivity index (χ4v) is 2.43. The molecule has 21 heavy (non-hydrogen) atoms. The van der Waals surface area contributed by atoms with Gasteiger partial charge in [-0.2, -0.15) is 0 Å². The summed E-state index contributed by atoms with van der Waals surface area (Å²) in [6.07, 6.45) is 0.